The van der Waals surface area contributed by atoms with E-state index in [-0.39, 0.29) is 35.7 Å². The third-order valence-electron chi connectivity index (χ3n) is 12.0. The highest BCUT2D eigenvalue weighted by Crippen LogP contribution is 2.45. The second kappa shape index (κ2) is 18.2. The Bertz CT molecular complexity index is 2380. The summed E-state index contributed by atoms with van der Waals surface area (Å²) >= 11 is 3.49. The van der Waals surface area contributed by atoms with Gasteiger partial charge in [0.25, 0.3) is 0 Å². The van der Waals surface area contributed by atoms with Crippen LogP contribution >= 0.6 is 22.7 Å². The minimum absolute atomic E-state index is 0.103. The molecule has 8 rings (SSSR count). The minimum Gasteiger partial charge on any atom is -0.453 e. The fraction of sp³-hybridized carbons (Fsp3) is 0.391. The van der Waals surface area contributed by atoms with Crippen LogP contribution in [0.5, 0.6) is 0 Å². The predicted octanol–water partition coefficient (Wildman–Crippen LogP) is 9.17. The maximum absolute atomic E-state index is 13.6. The number of aromatic nitrogens is 4. The summed E-state index contributed by atoms with van der Waals surface area (Å²) in [7, 11) is 2.59. The van der Waals surface area contributed by atoms with Crippen molar-refractivity contribution >= 4 is 56.1 Å². The lowest BCUT2D eigenvalue weighted by molar-refractivity contribution is -0.136. The smallest absolute Gasteiger partial charge is 0.407 e. The summed E-state index contributed by atoms with van der Waals surface area (Å²) in [6, 6.07) is 15.2. The topological polar surface area (TPSA) is 175 Å². The van der Waals surface area contributed by atoms with E-state index in [0.29, 0.717) is 13.1 Å². The largest absolute Gasteiger partial charge is 0.453 e. The van der Waals surface area contributed by atoms with E-state index >= 15 is 0 Å². The van der Waals surface area contributed by atoms with Gasteiger partial charge in [-0.05, 0) is 59.8 Å². The number of hydrogen-bond donors (Lipinski definition) is 4. The molecule has 6 aromatic rings. The number of carbonyl (C=O) groups is 4. The van der Waals surface area contributed by atoms with E-state index in [2.05, 4.69) is 79.9 Å². The van der Waals surface area contributed by atoms with Gasteiger partial charge >= 0.3 is 12.2 Å². The van der Waals surface area contributed by atoms with E-state index < -0.39 is 24.3 Å². The van der Waals surface area contributed by atoms with E-state index in [1.165, 1.54) is 34.7 Å². The number of methoxy groups -OCH3 is 2. The van der Waals surface area contributed by atoms with Gasteiger partial charge in [-0.3, -0.25) is 9.59 Å². The Labute approximate surface area is 368 Å². The Morgan fingerprint density at radius 2 is 1.00 bits per heavy atom. The number of ether oxygens (including phenoxy) is 2. The quantitative estimate of drug-likeness (QED) is 0.0942. The van der Waals surface area contributed by atoms with Gasteiger partial charge in [0.1, 0.15) is 23.7 Å². The number of amides is 4. The second-order valence-corrected chi connectivity index (χ2v) is 18.3. The third kappa shape index (κ3) is 8.45. The van der Waals surface area contributed by atoms with Gasteiger partial charge in [0, 0.05) is 35.0 Å². The van der Waals surface area contributed by atoms with Crippen LogP contribution in [0.3, 0.4) is 0 Å². The lowest BCUT2D eigenvalue weighted by Gasteiger charge is -2.30. The Balaban J connectivity index is 0.937. The Kier molecular flexibility index (Phi) is 12.5. The number of benzene rings is 2. The first kappa shape index (κ1) is 42.7. The minimum atomic E-state index is -0.685. The van der Waals surface area contributed by atoms with Crippen molar-refractivity contribution in [2.45, 2.75) is 77.5 Å². The number of aromatic amines is 2. The van der Waals surface area contributed by atoms with E-state index in [9.17, 15) is 19.2 Å². The van der Waals surface area contributed by atoms with Crippen molar-refractivity contribution in [2.75, 3.05) is 27.3 Å². The van der Waals surface area contributed by atoms with Crippen LogP contribution in [0.15, 0.2) is 71.7 Å². The molecule has 0 aliphatic carbocycles. The van der Waals surface area contributed by atoms with Gasteiger partial charge in [-0.15, -0.1) is 22.7 Å². The van der Waals surface area contributed by atoms with Crippen molar-refractivity contribution < 1.29 is 28.7 Å². The average molecular weight is 877 g/mol. The van der Waals surface area contributed by atoms with Crippen LogP contribution in [0.2, 0.25) is 0 Å². The van der Waals surface area contributed by atoms with Crippen molar-refractivity contribution in [2.24, 2.45) is 11.8 Å². The predicted molar refractivity (Wildman–Crippen MR) is 241 cm³/mol. The van der Waals surface area contributed by atoms with Gasteiger partial charge in [0.05, 0.1) is 59.5 Å². The summed E-state index contributed by atoms with van der Waals surface area (Å²) in [5.74, 6) is 1.00. The number of carbonyl (C=O) groups excluding carboxylic acids is 4. The summed E-state index contributed by atoms with van der Waals surface area (Å²) in [4.78, 5) is 71.2. The molecule has 0 radical (unpaired) electrons. The number of nitrogens with one attached hydrogen (secondary N) is 4. The molecule has 2 aromatic carbocycles. The molecule has 16 heteroatoms. The van der Waals surface area contributed by atoms with Crippen LogP contribution < -0.4 is 10.6 Å². The normalized spacial score (nSPS) is 17.5. The summed E-state index contributed by atoms with van der Waals surface area (Å²) in [6.07, 6.45) is 5.69. The fourth-order valence-electron chi connectivity index (χ4n) is 8.57. The van der Waals surface area contributed by atoms with Gasteiger partial charge < -0.3 is 39.9 Å². The van der Waals surface area contributed by atoms with Crippen LogP contribution in [0.1, 0.15) is 77.1 Å². The van der Waals surface area contributed by atoms with Crippen molar-refractivity contribution in [3.8, 4) is 44.8 Å². The number of rotatable bonds is 12. The molecule has 62 heavy (non-hydrogen) atoms. The highest BCUT2D eigenvalue weighted by molar-refractivity contribution is 7.27. The Hall–Kier alpha value is -6.00. The number of H-pyrrole nitrogens is 2. The summed E-state index contributed by atoms with van der Waals surface area (Å²) in [5.41, 5.74) is 8.41. The molecule has 2 aliphatic rings. The second-order valence-electron chi connectivity index (χ2n) is 16.6. The third-order valence-corrected chi connectivity index (χ3v) is 14.1. The Morgan fingerprint density at radius 1 is 0.629 bits per heavy atom. The number of imidazole rings is 2. The van der Waals surface area contributed by atoms with Gasteiger partial charge in [-0.1, -0.05) is 76.2 Å². The molecular formula is C46H52N8O6S2. The molecule has 0 saturated carbocycles. The molecule has 14 nitrogen and oxygen atoms in total. The number of alkyl carbamates (subject to hydrolysis) is 2. The van der Waals surface area contributed by atoms with Gasteiger partial charge in [0.2, 0.25) is 11.8 Å². The number of likely N-dealkylation sites (tertiary alicyclic amines) is 2. The van der Waals surface area contributed by atoms with Crippen LogP contribution in [0, 0.1) is 11.8 Å². The Morgan fingerprint density at radius 3 is 1.35 bits per heavy atom. The zero-order chi connectivity index (χ0) is 43.7. The first-order chi connectivity index (χ1) is 29.9. The molecule has 2 aliphatic heterocycles. The molecule has 4 amide bonds. The maximum Gasteiger partial charge on any atom is 0.407 e. The maximum atomic E-state index is 13.6. The molecule has 4 atom stereocenters. The zero-order valence-corrected chi connectivity index (χ0v) is 37.3. The average Bonchev–Trinajstić information content (AvgIpc) is 4.14. The lowest BCUT2D eigenvalue weighted by Crippen LogP contribution is -2.51. The van der Waals surface area contributed by atoms with Crippen molar-refractivity contribution in [1.29, 1.82) is 0 Å². The van der Waals surface area contributed by atoms with E-state index in [4.69, 9.17) is 19.4 Å². The molecule has 6 heterocycles. The van der Waals surface area contributed by atoms with Gasteiger partial charge in [0.15, 0.2) is 0 Å². The fourth-order valence-corrected chi connectivity index (χ4v) is 11.0. The number of hydrogen-bond acceptors (Lipinski definition) is 10. The van der Waals surface area contributed by atoms with Crippen LogP contribution in [0.25, 0.3) is 54.2 Å². The van der Waals surface area contributed by atoms with E-state index in [0.717, 1.165) is 71.0 Å². The molecule has 2 saturated heterocycles. The van der Waals surface area contributed by atoms with Crippen LogP contribution in [-0.2, 0) is 19.1 Å². The van der Waals surface area contributed by atoms with Crippen LogP contribution in [0.4, 0.5) is 9.59 Å². The molecule has 4 aromatic heterocycles. The monoisotopic (exact) mass is 876 g/mol. The summed E-state index contributed by atoms with van der Waals surface area (Å²) in [6.45, 7) is 8.83. The molecule has 2 unspecified atom stereocenters. The number of thiophene rings is 2. The number of fused-ring (bicyclic) bond motifs is 1. The van der Waals surface area contributed by atoms with Crippen molar-refractivity contribution in [3.63, 3.8) is 0 Å². The zero-order valence-electron chi connectivity index (χ0n) is 35.7. The molecular weight excluding hydrogens is 825 g/mol. The van der Waals surface area contributed by atoms with Gasteiger partial charge in [-0.25, -0.2) is 19.6 Å². The highest BCUT2D eigenvalue weighted by Gasteiger charge is 2.39. The summed E-state index contributed by atoms with van der Waals surface area (Å²) < 4.78 is 12.0. The van der Waals surface area contributed by atoms with E-state index in [1.807, 2.05) is 49.9 Å². The SMILES string of the molecule is COC(=O)N[C@H](C(=O)N1CCCC1c1ncc(-c2ccc(-c3csc4c(-c5ccc(-c6cnc(C7CCCN7C(=O)[C@@H](NC(=O)OC)C(C)C)[nH]6)cc5)csc34)cc2)[nH]1)C(C)C. The van der Waals surface area contributed by atoms with Crippen molar-refractivity contribution in [1.82, 2.24) is 40.4 Å². The van der Waals surface area contributed by atoms with Gasteiger partial charge in [-0.2, -0.15) is 0 Å². The standard InChI is InChI=1S/C46H52N8O6S2/c1-25(2)37(51-45(57)59-5)43(55)53-19-7-9-35(53)41-47-21-33(49-41)29-15-11-27(12-16-29)31-23-61-40-32(24-62-39(31)40)28-13-17-30(18-14-28)34-22-48-42(50-34)36-10-8-20-54(36)44(56)38(26(3)4)52-46(58)60-6/h11-18,21-26,35-38H,7-10,19-20H2,1-6H3,(H,47,49)(H,48,50)(H,51,57)(H,52,58)/t35?,36?,37-,38-/m0/s1. The number of nitrogens with zero attached hydrogens (tertiary/aromatic N) is 4. The first-order valence-electron chi connectivity index (χ1n) is 21.1. The van der Waals surface area contributed by atoms with E-state index in [1.54, 1.807) is 22.7 Å². The molecule has 2 fully saturated rings. The summed E-state index contributed by atoms with van der Waals surface area (Å²) in [5, 5.41) is 9.87. The molecule has 0 bridgehead atoms. The molecule has 324 valence electrons. The van der Waals surface area contributed by atoms with Crippen LogP contribution in [-0.4, -0.2) is 93.1 Å². The lowest BCUT2D eigenvalue weighted by atomic mass is 10.0. The highest BCUT2D eigenvalue weighted by atomic mass is 32.1. The molecule has 0 spiro atoms. The molecule has 4 N–H and O–H groups in total. The first-order valence-corrected chi connectivity index (χ1v) is 22.8. The van der Waals surface area contributed by atoms with Crippen molar-refractivity contribution in [3.05, 3.63) is 83.3 Å².